The summed E-state index contributed by atoms with van der Waals surface area (Å²) in [6, 6.07) is 15.2. The van der Waals surface area contributed by atoms with Crippen molar-refractivity contribution in [2.45, 2.75) is 24.3 Å². The van der Waals surface area contributed by atoms with Crippen molar-refractivity contribution >= 4 is 17.5 Å². The third kappa shape index (κ3) is 4.09. The first-order valence-electron chi connectivity index (χ1n) is 7.91. The standard InChI is InChI=1S/C19H19N3O2S/c1-12-4-6-14(7-5-12)17(23)13(2)25-19-20-18(21-22-19)15-8-10-16(24-3)11-9-15/h4-11,13H,1-3H3,(H,20,21,22)/t13-/m0/s1. The molecule has 2 aromatic carbocycles. The molecule has 0 saturated heterocycles. The normalized spacial score (nSPS) is 12.0. The molecule has 0 aliphatic carbocycles. The fourth-order valence-corrected chi connectivity index (χ4v) is 3.14. The van der Waals surface area contributed by atoms with Gasteiger partial charge in [-0.2, -0.15) is 0 Å². The maximum absolute atomic E-state index is 12.5. The SMILES string of the molecule is COc1ccc(-c2nc(S[C@@H](C)C(=O)c3ccc(C)cc3)n[nH]2)cc1. The molecule has 0 amide bonds. The number of thioether (sulfide) groups is 1. The lowest BCUT2D eigenvalue weighted by molar-refractivity contribution is 0.0994. The molecular weight excluding hydrogens is 334 g/mol. The number of rotatable bonds is 6. The molecule has 0 radical (unpaired) electrons. The molecule has 6 heteroatoms. The maximum Gasteiger partial charge on any atom is 0.209 e. The van der Waals surface area contributed by atoms with Gasteiger partial charge in [0.1, 0.15) is 5.75 Å². The summed E-state index contributed by atoms with van der Waals surface area (Å²) in [6.07, 6.45) is 0. The molecule has 128 valence electrons. The van der Waals surface area contributed by atoms with E-state index in [0.29, 0.717) is 16.5 Å². The Morgan fingerprint density at radius 3 is 2.44 bits per heavy atom. The fraction of sp³-hybridized carbons (Fsp3) is 0.211. The van der Waals surface area contributed by atoms with Crippen LogP contribution in [0.15, 0.2) is 53.7 Å². The Labute approximate surface area is 150 Å². The lowest BCUT2D eigenvalue weighted by Gasteiger charge is -2.07. The molecule has 1 heterocycles. The number of carbonyl (C=O) groups excluding carboxylic acids is 1. The van der Waals surface area contributed by atoms with E-state index in [-0.39, 0.29) is 11.0 Å². The molecule has 0 unspecified atom stereocenters. The molecule has 5 nitrogen and oxygen atoms in total. The van der Waals surface area contributed by atoms with Crippen molar-refractivity contribution in [2.75, 3.05) is 7.11 Å². The molecule has 0 fully saturated rings. The smallest absolute Gasteiger partial charge is 0.209 e. The summed E-state index contributed by atoms with van der Waals surface area (Å²) in [4.78, 5) is 17.0. The Morgan fingerprint density at radius 2 is 1.80 bits per heavy atom. The van der Waals surface area contributed by atoms with Crippen molar-refractivity contribution in [1.82, 2.24) is 15.2 Å². The van der Waals surface area contributed by atoms with Gasteiger partial charge < -0.3 is 4.74 Å². The first kappa shape index (κ1) is 17.2. The van der Waals surface area contributed by atoms with Crippen LogP contribution in [0.5, 0.6) is 5.75 Å². The second-order valence-electron chi connectivity index (χ2n) is 5.69. The number of nitrogens with zero attached hydrogens (tertiary/aromatic N) is 2. The predicted molar refractivity (Wildman–Crippen MR) is 99.2 cm³/mol. The zero-order valence-corrected chi connectivity index (χ0v) is 15.1. The van der Waals surface area contributed by atoms with E-state index in [1.165, 1.54) is 11.8 Å². The first-order chi connectivity index (χ1) is 12.1. The number of ether oxygens (including phenoxy) is 1. The molecule has 25 heavy (non-hydrogen) atoms. The van der Waals surface area contributed by atoms with E-state index in [9.17, 15) is 4.79 Å². The van der Waals surface area contributed by atoms with Gasteiger partial charge in [-0.15, -0.1) is 5.10 Å². The number of Topliss-reactive ketones (excluding diaryl/α,β-unsaturated/α-hetero) is 1. The summed E-state index contributed by atoms with van der Waals surface area (Å²) in [7, 11) is 1.63. The number of ketones is 1. The molecule has 1 N–H and O–H groups in total. The molecule has 0 spiro atoms. The van der Waals surface area contributed by atoms with E-state index in [1.807, 2.05) is 62.4 Å². The van der Waals surface area contributed by atoms with Gasteiger partial charge in [0.2, 0.25) is 5.16 Å². The molecule has 3 rings (SSSR count). The number of hydrogen-bond acceptors (Lipinski definition) is 5. The molecule has 3 aromatic rings. The third-order valence-electron chi connectivity index (χ3n) is 3.82. The topological polar surface area (TPSA) is 67.9 Å². The van der Waals surface area contributed by atoms with Crippen molar-refractivity contribution in [1.29, 1.82) is 0 Å². The van der Waals surface area contributed by atoms with E-state index in [2.05, 4.69) is 15.2 Å². The monoisotopic (exact) mass is 353 g/mol. The minimum absolute atomic E-state index is 0.0702. The number of aromatic nitrogens is 3. The number of carbonyl (C=O) groups is 1. The number of methoxy groups -OCH3 is 1. The highest BCUT2D eigenvalue weighted by Crippen LogP contribution is 2.25. The van der Waals surface area contributed by atoms with Gasteiger partial charge in [-0.3, -0.25) is 9.89 Å². The Balaban J connectivity index is 1.69. The van der Waals surface area contributed by atoms with Gasteiger partial charge in [-0.1, -0.05) is 41.6 Å². The summed E-state index contributed by atoms with van der Waals surface area (Å²) in [5.74, 6) is 1.52. The first-order valence-corrected chi connectivity index (χ1v) is 8.79. The third-order valence-corrected chi connectivity index (χ3v) is 4.78. The lowest BCUT2D eigenvalue weighted by Crippen LogP contribution is -2.13. The van der Waals surface area contributed by atoms with Crippen LogP contribution in [-0.2, 0) is 0 Å². The van der Waals surface area contributed by atoms with Crippen molar-refractivity contribution in [3.8, 4) is 17.1 Å². The second-order valence-corrected chi connectivity index (χ2v) is 6.99. The van der Waals surface area contributed by atoms with E-state index >= 15 is 0 Å². The summed E-state index contributed by atoms with van der Waals surface area (Å²) in [5.41, 5.74) is 2.75. The number of hydrogen-bond donors (Lipinski definition) is 1. The van der Waals surface area contributed by atoms with Crippen LogP contribution >= 0.6 is 11.8 Å². The van der Waals surface area contributed by atoms with Crippen molar-refractivity contribution in [3.63, 3.8) is 0 Å². The van der Waals surface area contributed by atoms with Gasteiger partial charge in [0, 0.05) is 11.1 Å². The Kier molecular flexibility index (Phi) is 5.19. The summed E-state index contributed by atoms with van der Waals surface area (Å²) in [5, 5.41) is 7.42. The highest BCUT2D eigenvalue weighted by Gasteiger charge is 2.19. The van der Waals surface area contributed by atoms with Crippen LogP contribution in [0, 0.1) is 6.92 Å². The predicted octanol–water partition coefficient (Wildman–Crippen LogP) is 4.15. The van der Waals surface area contributed by atoms with Gasteiger partial charge in [0.05, 0.1) is 12.4 Å². The van der Waals surface area contributed by atoms with E-state index in [4.69, 9.17) is 4.74 Å². The average molecular weight is 353 g/mol. The molecular formula is C19H19N3O2S. The van der Waals surface area contributed by atoms with E-state index in [1.54, 1.807) is 7.11 Å². The maximum atomic E-state index is 12.5. The molecule has 0 bridgehead atoms. The van der Waals surface area contributed by atoms with E-state index in [0.717, 1.165) is 16.9 Å². The molecule has 0 aliphatic heterocycles. The number of H-pyrrole nitrogens is 1. The highest BCUT2D eigenvalue weighted by molar-refractivity contribution is 8.00. The van der Waals surface area contributed by atoms with Gasteiger partial charge in [0.15, 0.2) is 11.6 Å². The van der Waals surface area contributed by atoms with Crippen LogP contribution in [-0.4, -0.2) is 33.3 Å². The number of aryl methyl sites for hydroxylation is 1. The summed E-state index contributed by atoms with van der Waals surface area (Å²) >= 11 is 1.35. The molecule has 1 atom stereocenters. The van der Waals surface area contributed by atoms with Gasteiger partial charge in [-0.05, 0) is 38.1 Å². The van der Waals surface area contributed by atoms with E-state index < -0.39 is 0 Å². The largest absolute Gasteiger partial charge is 0.497 e. The van der Waals surface area contributed by atoms with Gasteiger partial charge in [-0.25, -0.2) is 4.98 Å². The summed E-state index contributed by atoms with van der Waals surface area (Å²) in [6.45, 7) is 3.87. The lowest BCUT2D eigenvalue weighted by atomic mass is 10.1. The fourth-order valence-electron chi connectivity index (χ4n) is 2.34. The van der Waals surface area contributed by atoms with Crippen LogP contribution in [0.4, 0.5) is 0 Å². The van der Waals surface area contributed by atoms with Crippen LogP contribution in [0.1, 0.15) is 22.8 Å². The minimum Gasteiger partial charge on any atom is -0.497 e. The number of nitrogens with one attached hydrogen (secondary N) is 1. The number of benzene rings is 2. The molecule has 1 aromatic heterocycles. The average Bonchev–Trinajstić information content (AvgIpc) is 3.10. The van der Waals surface area contributed by atoms with Crippen LogP contribution in [0.2, 0.25) is 0 Å². The highest BCUT2D eigenvalue weighted by atomic mass is 32.2. The van der Waals surface area contributed by atoms with Crippen molar-refractivity contribution in [2.24, 2.45) is 0 Å². The van der Waals surface area contributed by atoms with Gasteiger partial charge in [0.25, 0.3) is 0 Å². The van der Waals surface area contributed by atoms with Crippen LogP contribution in [0.25, 0.3) is 11.4 Å². The molecule has 0 saturated carbocycles. The van der Waals surface area contributed by atoms with Crippen LogP contribution < -0.4 is 4.74 Å². The Hall–Kier alpha value is -2.60. The summed E-state index contributed by atoms with van der Waals surface area (Å²) < 4.78 is 5.15. The van der Waals surface area contributed by atoms with Crippen LogP contribution in [0.3, 0.4) is 0 Å². The quantitative estimate of drug-likeness (QED) is 0.532. The van der Waals surface area contributed by atoms with Crippen molar-refractivity contribution in [3.05, 3.63) is 59.7 Å². The molecule has 0 aliphatic rings. The zero-order chi connectivity index (χ0) is 17.8. The Morgan fingerprint density at radius 1 is 1.12 bits per heavy atom. The van der Waals surface area contributed by atoms with Gasteiger partial charge >= 0.3 is 0 Å². The van der Waals surface area contributed by atoms with Crippen molar-refractivity contribution < 1.29 is 9.53 Å². The minimum atomic E-state index is -0.262. The zero-order valence-electron chi connectivity index (χ0n) is 14.3. The Bertz CT molecular complexity index is 857. The number of aromatic amines is 1. The second kappa shape index (κ2) is 7.53.